The highest BCUT2D eigenvalue weighted by atomic mass is 19.4. The Labute approximate surface area is 148 Å². The van der Waals surface area contributed by atoms with E-state index in [4.69, 9.17) is 9.47 Å². The van der Waals surface area contributed by atoms with E-state index in [1.807, 2.05) is 30.9 Å². The van der Waals surface area contributed by atoms with Crippen LogP contribution >= 0.6 is 0 Å². The van der Waals surface area contributed by atoms with Crippen molar-refractivity contribution in [3.63, 3.8) is 0 Å². The summed E-state index contributed by atoms with van der Waals surface area (Å²) in [4.78, 5) is 13.3. The lowest BCUT2D eigenvalue weighted by atomic mass is 10.2. The van der Waals surface area contributed by atoms with E-state index >= 15 is 0 Å². The summed E-state index contributed by atoms with van der Waals surface area (Å²) in [6.07, 6.45) is -8.31. The molecule has 0 atom stereocenters. The third-order valence-electron chi connectivity index (χ3n) is 3.74. The first kappa shape index (κ1) is 22.0. The summed E-state index contributed by atoms with van der Waals surface area (Å²) in [7, 11) is 1.52. The van der Waals surface area contributed by atoms with Crippen LogP contribution in [-0.2, 0) is 9.53 Å². The lowest BCUT2D eigenvalue weighted by Gasteiger charge is -2.25. The summed E-state index contributed by atoms with van der Waals surface area (Å²) in [5.41, 5.74) is 1.76. The molecule has 1 aromatic rings. The molecule has 0 aliphatic carbocycles. The number of aryl methyl sites for hydroxylation is 1. The quantitative estimate of drug-likeness (QED) is 0.469. The van der Waals surface area contributed by atoms with Crippen molar-refractivity contribution in [2.45, 2.75) is 38.8 Å². The van der Waals surface area contributed by atoms with Crippen molar-refractivity contribution in [2.75, 3.05) is 31.7 Å². The number of nitrogens with zero attached hydrogens (tertiary/aromatic N) is 1. The number of benzene rings is 1. The number of hydrogen-bond donors (Lipinski definition) is 0. The van der Waals surface area contributed by atoms with E-state index in [9.17, 15) is 26.7 Å². The number of carbonyl (C=O) groups is 1. The van der Waals surface area contributed by atoms with Gasteiger partial charge in [-0.05, 0) is 31.5 Å². The molecule has 0 spiro atoms. The molecular weight excluding hydrogens is 361 g/mol. The predicted molar refractivity (Wildman–Crippen MR) is 86.8 cm³/mol. The Morgan fingerprint density at radius 3 is 2.38 bits per heavy atom. The highest BCUT2D eigenvalue weighted by Gasteiger charge is 2.56. The van der Waals surface area contributed by atoms with Crippen LogP contribution in [0, 0.1) is 6.92 Å². The second-order valence-electron chi connectivity index (χ2n) is 5.68. The van der Waals surface area contributed by atoms with E-state index in [1.54, 1.807) is 6.07 Å². The van der Waals surface area contributed by atoms with Crippen molar-refractivity contribution in [2.24, 2.45) is 0 Å². The van der Waals surface area contributed by atoms with Gasteiger partial charge < -0.3 is 14.4 Å². The van der Waals surface area contributed by atoms with E-state index in [0.29, 0.717) is 12.3 Å². The molecule has 9 heteroatoms. The lowest BCUT2D eigenvalue weighted by Crippen LogP contribution is -2.37. The molecule has 0 saturated heterocycles. The number of likely N-dealkylation sites (N-methyl/N-ethyl adjacent to an activating group) is 1. The molecule has 4 nitrogen and oxygen atoms in total. The maximum atomic E-state index is 12.8. The third kappa shape index (κ3) is 6.03. The molecule has 26 heavy (non-hydrogen) atoms. The van der Waals surface area contributed by atoms with Gasteiger partial charge in [-0.1, -0.05) is 6.07 Å². The average Bonchev–Trinajstić information content (AvgIpc) is 2.56. The molecule has 0 aromatic heterocycles. The van der Waals surface area contributed by atoms with Crippen LogP contribution < -0.4 is 9.64 Å². The van der Waals surface area contributed by atoms with E-state index in [1.165, 1.54) is 7.11 Å². The fourth-order valence-corrected chi connectivity index (χ4v) is 2.24. The van der Waals surface area contributed by atoms with Gasteiger partial charge in [-0.25, -0.2) is 0 Å². The zero-order valence-corrected chi connectivity index (χ0v) is 14.8. The summed E-state index contributed by atoms with van der Waals surface area (Å²) in [5.74, 6) is -5.38. The molecule has 0 saturated carbocycles. The van der Waals surface area contributed by atoms with Gasteiger partial charge in [-0.2, -0.15) is 22.0 Å². The van der Waals surface area contributed by atoms with Gasteiger partial charge in [0.2, 0.25) is 0 Å². The fraction of sp³-hybridized carbons (Fsp3) is 0.588. The Bertz CT molecular complexity index is 605. The highest BCUT2D eigenvalue weighted by Crippen LogP contribution is 2.38. The third-order valence-corrected chi connectivity index (χ3v) is 3.74. The smallest absolute Gasteiger partial charge is 0.453 e. The van der Waals surface area contributed by atoms with Crippen LogP contribution in [0.2, 0.25) is 0 Å². The molecule has 0 amide bonds. The number of ether oxygens (including phenoxy) is 2. The molecule has 0 N–H and O–H groups in total. The topological polar surface area (TPSA) is 38.8 Å². The SMILES string of the molecule is CCN(CCOC(=O)CCC(F)(F)C(F)(F)F)c1cc(C)ccc1OC. The monoisotopic (exact) mass is 383 g/mol. The fourth-order valence-electron chi connectivity index (χ4n) is 2.24. The summed E-state index contributed by atoms with van der Waals surface area (Å²) in [5, 5.41) is 0. The van der Waals surface area contributed by atoms with Crippen molar-refractivity contribution in [1.29, 1.82) is 0 Å². The van der Waals surface area contributed by atoms with Crippen LogP contribution in [-0.4, -0.2) is 44.9 Å². The average molecular weight is 383 g/mol. The van der Waals surface area contributed by atoms with Gasteiger partial charge in [0.25, 0.3) is 0 Å². The largest absolute Gasteiger partial charge is 0.495 e. The van der Waals surface area contributed by atoms with Crippen molar-refractivity contribution < 1.29 is 36.2 Å². The van der Waals surface area contributed by atoms with Crippen molar-refractivity contribution in [3.8, 4) is 5.75 Å². The van der Waals surface area contributed by atoms with Crippen LogP contribution in [0.25, 0.3) is 0 Å². The van der Waals surface area contributed by atoms with E-state index in [-0.39, 0.29) is 13.2 Å². The minimum atomic E-state index is -5.67. The number of esters is 1. The number of alkyl halides is 5. The maximum Gasteiger partial charge on any atom is 0.453 e. The number of methoxy groups -OCH3 is 1. The second kappa shape index (κ2) is 9.05. The molecule has 0 bridgehead atoms. The van der Waals surface area contributed by atoms with Crippen LogP contribution in [0.4, 0.5) is 27.6 Å². The molecule has 0 radical (unpaired) electrons. The van der Waals surface area contributed by atoms with Crippen molar-refractivity contribution in [3.05, 3.63) is 23.8 Å². The Hall–Kier alpha value is -2.06. The highest BCUT2D eigenvalue weighted by molar-refractivity contribution is 5.69. The van der Waals surface area contributed by atoms with Crippen LogP contribution in [0.1, 0.15) is 25.3 Å². The first-order valence-electron chi connectivity index (χ1n) is 8.01. The van der Waals surface area contributed by atoms with Crippen LogP contribution in [0.15, 0.2) is 18.2 Å². The number of rotatable bonds is 9. The van der Waals surface area contributed by atoms with E-state index < -0.39 is 30.9 Å². The van der Waals surface area contributed by atoms with Gasteiger partial charge >= 0.3 is 18.1 Å². The number of carbonyl (C=O) groups excluding carboxylic acids is 1. The van der Waals surface area contributed by atoms with E-state index in [2.05, 4.69) is 0 Å². The maximum absolute atomic E-state index is 12.8. The standard InChI is InChI=1S/C17H22F5NO3/c1-4-23(13-11-12(2)5-6-14(13)25-3)9-10-26-15(24)7-8-16(18,19)17(20,21)22/h5-6,11H,4,7-10H2,1-3H3. The first-order valence-corrected chi connectivity index (χ1v) is 8.01. The van der Waals surface area contributed by atoms with Gasteiger partial charge in [0.15, 0.2) is 0 Å². The van der Waals surface area contributed by atoms with Gasteiger partial charge in [-0.3, -0.25) is 4.79 Å². The summed E-state index contributed by atoms with van der Waals surface area (Å²) in [6, 6.07) is 5.55. The number of anilines is 1. The van der Waals surface area contributed by atoms with Crippen LogP contribution in [0.5, 0.6) is 5.75 Å². The minimum Gasteiger partial charge on any atom is -0.495 e. The molecule has 148 valence electrons. The summed E-state index contributed by atoms with van der Waals surface area (Å²) in [6.45, 7) is 4.44. The van der Waals surface area contributed by atoms with Gasteiger partial charge in [-0.15, -0.1) is 0 Å². The Morgan fingerprint density at radius 1 is 1.19 bits per heavy atom. The molecule has 1 aromatic carbocycles. The minimum absolute atomic E-state index is 0.138. The predicted octanol–water partition coefficient (Wildman–Crippen LogP) is 4.35. The second-order valence-corrected chi connectivity index (χ2v) is 5.68. The number of halogens is 5. The summed E-state index contributed by atoms with van der Waals surface area (Å²) >= 11 is 0. The van der Waals surface area contributed by atoms with E-state index in [0.717, 1.165) is 11.3 Å². The molecule has 0 fully saturated rings. The van der Waals surface area contributed by atoms with Gasteiger partial charge in [0, 0.05) is 13.0 Å². The molecule has 0 aliphatic heterocycles. The van der Waals surface area contributed by atoms with Crippen LogP contribution in [0.3, 0.4) is 0 Å². The first-order chi connectivity index (χ1) is 12.0. The Balaban J connectivity index is 2.55. The number of hydrogen-bond acceptors (Lipinski definition) is 4. The summed E-state index contributed by atoms with van der Waals surface area (Å²) < 4.78 is 71.8. The van der Waals surface area contributed by atoms with Gasteiger partial charge in [0.05, 0.1) is 25.8 Å². The zero-order valence-electron chi connectivity index (χ0n) is 14.8. The molecule has 0 unspecified atom stereocenters. The van der Waals surface area contributed by atoms with Gasteiger partial charge in [0.1, 0.15) is 12.4 Å². The lowest BCUT2D eigenvalue weighted by molar-refractivity contribution is -0.284. The van der Waals surface area contributed by atoms with Crippen molar-refractivity contribution in [1.82, 2.24) is 0 Å². The Morgan fingerprint density at radius 2 is 1.85 bits per heavy atom. The molecule has 1 rings (SSSR count). The zero-order chi connectivity index (χ0) is 20.0. The molecule has 0 heterocycles. The molecule has 0 aliphatic rings. The molecular formula is C17H22F5NO3. The Kier molecular flexibility index (Phi) is 7.65. The normalized spacial score (nSPS) is 12.0. The van der Waals surface area contributed by atoms with Crippen molar-refractivity contribution >= 4 is 11.7 Å².